The van der Waals surface area contributed by atoms with Crippen LogP contribution in [0.2, 0.25) is 0 Å². The van der Waals surface area contributed by atoms with Gasteiger partial charge in [-0.25, -0.2) is 4.39 Å². The summed E-state index contributed by atoms with van der Waals surface area (Å²) >= 11 is 0. The van der Waals surface area contributed by atoms with Gasteiger partial charge in [0.15, 0.2) is 0 Å². The lowest BCUT2D eigenvalue weighted by atomic mass is 10.00. The molecular weight excluding hydrogens is 297 g/mol. The number of rotatable bonds is 6. The van der Waals surface area contributed by atoms with Crippen LogP contribution in [-0.4, -0.2) is 56.2 Å². The van der Waals surface area contributed by atoms with Crippen molar-refractivity contribution >= 4 is 5.91 Å². The van der Waals surface area contributed by atoms with E-state index in [1.54, 1.807) is 19.2 Å². The van der Waals surface area contributed by atoms with E-state index in [4.69, 9.17) is 4.74 Å². The summed E-state index contributed by atoms with van der Waals surface area (Å²) in [4.78, 5) is 14.8. The molecule has 2 N–H and O–H groups in total. The molecule has 1 unspecified atom stereocenters. The Hall–Kier alpha value is -1.50. The Morgan fingerprint density at radius 3 is 2.52 bits per heavy atom. The highest BCUT2D eigenvalue weighted by molar-refractivity contribution is 5.85. The molecule has 1 aromatic carbocycles. The summed E-state index contributed by atoms with van der Waals surface area (Å²) in [5.74, 6) is -0.309. The first kappa shape index (κ1) is 17.8. The molecule has 6 heteroatoms. The molecular formula is C17H26FN3O2. The summed E-state index contributed by atoms with van der Waals surface area (Å²) in [6.45, 7) is 7.73. The maximum absolute atomic E-state index is 13.0. The van der Waals surface area contributed by atoms with Crippen molar-refractivity contribution in [3.8, 4) is 0 Å². The van der Waals surface area contributed by atoms with Gasteiger partial charge in [-0.1, -0.05) is 12.1 Å². The van der Waals surface area contributed by atoms with E-state index in [9.17, 15) is 9.18 Å². The van der Waals surface area contributed by atoms with Gasteiger partial charge in [0.25, 0.3) is 0 Å². The minimum absolute atomic E-state index is 0.0245. The summed E-state index contributed by atoms with van der Waals surface area (Å²) in [5, 5.41) is 6.25. The molecule has 0 spiro atoms. The summed E-state index contributed by atoms with van der Waals surface area (Å²) in [5.41, 5.74) is 0.276. The van der Waals surface area contributed by atoms with Crippen molar-refractivity contribution in [1.29, 1.82) is 0 Å². The summed E-state index contributed by atoms with van der Waals surface area (Å²) in [6, 6.07) is 6.15. The Labute approximate surface area is 137 Å². The first-order chi connectivity index (χ1) is 10.9. The average Bonchev–Trinajstić information content (AvgIpc) is 2.57. The number of piperazine rings is 1. The number of nitrogens with one attached hydrogen (secondary N) is 2. The van der Waals surface area contributed by atoms with Crippen LogP contribution < -0.4 is 10.6 Å². The first-order valence-corrected chi connectivity index (χ1v) is 7.97. The topological polar surface area (TPSA) is 53.6 Å². The van der Waals surface area contributed by atoms with Crippen molar-refractivity contribution in [2.75, 3.05) is 39.8 Å². The number of amides is 1. The molecule has 1 atom stereocenters. The number of hydrogen-bond donors (Lipinski definition) is 2. The predicted octanol–water partition coefficient (Wildman–Crippen LogP) is 1.31. The molecule has 0 aliphatic carbocycles. The lowest BCUT2D eigenvalue weighted by Gasteiger charge is -2.40. The van der Waals surface area contributed by atoms with Gasteiger partial charge in [0.1, 0.15) is 5.82 Å². The molecule has 128 valence electrons. The number of hydrogen-bond acceptors (Lipinski definition) is 4. The van der Waals surface area contributed by atoms with Gasteiger partial charge in [-0.2, -0.15) is 0 Å². The molecule has 1 heterocycles. The van der Waals surface area contributed by atoms with E-state index in [0.29, 0.717) is 6.54 Å². The molecule has 1 aliphatic heterocycles. The van der Waals surface area contributed by atoms with Crippen LogP contribution in [-0.2, 0) is 9.53 Å². The maximum Gasteiger partial charge on any atom is 0.240 e. The number of methoxy groups -OCH3 is 1. The van der Waals surface area contributed by atoms with E-state index in [1.165, 1.54) is 12.1 Å². The van der Waals surface area contributed by atoms with E-state index >= 15 is 0 Å². The fraction of sp³-hybridized carbons (Fsp3) is 0.588. The summed E-state index contributed by atoms with van der Waals surface area (Å²) in [7, 11) is 1.58. The third-order valence-electron chi connectivity index (χ3n) is 4.44. The second-order valence-electron chi connectivity index (χ2n) is 6.28. The van der Waals surface area contributed by atoms with Crippen LogP contribution in [0.5, 0.6) is 0 Å². The second-order valence-corrected chi connectivity index (χ2v) is 6.28. The van der Waals surface area contributed by atoms with Gasteiger partial charge in [0.05, 0.1) is 11.6 Å². The van der Waals surface area contributed by atoms with E-state index in [1.807, 2.05) is 13.8 Å². The van der Waals surface area contributed by atoms with Crippen LogP contribution in [0.25, 0.3) is 0 Å². The number of carbonyl (C=O) groups is 1. The molecule has 1 aromatic rings. The predicted molar refractivity (Wildman–Crippen MR) is 87.7 cm³/mol. The van der Waals surface area contributed by atoms with Crippen LogP contribution in [0.15, 0.2) is 24.3 Å². The number of carbonyl (C=O) groups excluding carboxylic acids is 1. The van der Waals surface area contributed by atoms with Gasteiger partial charge in [-0.15, -0.1) is 0 Å². The highest BCUT2D eigenvalue weighted by atomic mass is 19.1. The van der Waals surface area contributed by atoms with Crippen molar-refractivity contribution in [2.24, 2.45) is 0 Å². The Morgan fingerprint density at radius 1 is 1.35 bits per heavy atom. The zero-order valence-corrected chi connectivity index (χ0v) is 14.1. The number of ether oxygens (including phenoxy) is 1. The molecule has 0 aromatic heterocycles. The monoisotopic (exact) mass is 323 g/mol. The third-order valence-corrected chi connectivity index (χ3v) is 4.44. The SMILES string of the molecule is COC(CNC(=O)C(C)(C)N1CCNCC1)c1ccc(F)cc1. The molecule has 1 fully saturated rings. The number of halogens is 1. The van der Waals surface area contributed by atoms with Crippen LogP contribution in [0, 0.1) is 5.82 Å². The Bertz CT molecular complexity index is 513. The van der Waals surface area contributed by atoms with Crippen LogP contribution in [0.1, 0.15) is 25.5 Å². The normalized spacial score (nSPS) is 17.7. The van der Waals surface area contributed by atoms with Crippen molar-refractivity contribution in [3.05, 3.63) is 35.6 Å². The van der Waals surface area contributed by atoms with Crippen LogP contribution in [0.4, 0.5) is 4.39 Å². The third kappa shape index (κ3) is 4.50. The second kappa shape index (κ2) is 7.86. The number of benzene rings is 1. The standard InChI is InChI=1S/C17H26FN3O2/c1-17(2,21-10-8-19-9-11-21)16(22)20-12-15(23-3)13-4-6-14(18)7-5-13/h4-7,15,19H,8-12H2,1-3H3,(H,20,22). The van der Waals surface area contributed by atoms with Gasteiger partial charge < -0.3 is 15.4 Å². The van der Waals surface area contributed by atoms with E-state index in [-0.39, 0.29) is 17.8 Å². The highest BCUT2D eigenvalue weighted by Crippen LogP contribution is 2.18. The van der Waals surface area contributed by atoms with Crippen LogP contribution >= 0.6 is 0 Å². The average molecular weight is 323 g/mol. The Balaban J connectivity index is 1.94. The molecule has 1 saturated heterocycles. The van der Waals surface area contributed by atoms with E-state index in [2.05, 4.69) is 15.5 Å². The fourth-order valence-corrected chi connectivity index (χ4v) is 2.78. The minimum atomic E-state index is -0.566. The van der Waals surface area contributed by atoms with Crippen molar-refractivity contribution in [1.82, 2.24) is 15.5 Å². The van der Waals surface area contributed by atoms with Gasteiger partial charge in [-0.05, 0) is 31.5 Å². The molecule has 1 amide bonds. The lowest BCUT2D eigenvalue weighted by molar-refractivity contribution is -0.132. The van der Waals surface area contributed by atoms with Gasteiger partial charge in [-0.3, -0.25) is 9.69 Å². The molecule has 0 bridgehead atoms. The van der Waals surface area contributed by atoms with Gasteiger partial charge in [0.2, 0.25) is 5.91 Å². The minimum Gasteiger partial charge on any atom is -0.375 e. The van der Waals surface area contributed by atoms with Gasteiger partial charge in [0, 0.05) is 39.8 Å². The lowest BCUT2D eigenvalue weighted by Crippen LogP contribution is -2.60. The quantitative estimate of drug-likeness (QED) is 0.829. The first-order valence-electron chi connectivity index (χ1n) is 7.97. The molecule has 0 saturated carbocycles. The summed E-state index contributed by atoms with van der Waals surface area (Å²) in [6.07, 6.45) is -0.293. The van der Waals surface area contributed by atoms with E-state index < -0.39 is 5.54 Å². The summed E-state index contributed by atoms with van der Waals surface area (Å²) < 4.78 is 18.4. The molecule has 1 aliphatic rings. The zero-order chi connectivity index (χ0) is 16.9. The molecule has 2 rings (SSSR count). The van der Waals surface area contributed by atoms with Crippen molar-refractivity contribution < 1.29 is 13.9 Å². The molecule has 5 nitrogen and oxygen atoms in total. The highest BCUT2D eigenvalue weighted by Gasteiger charge is 2.35. The van der Waals surface area contributed by atoms with Crippen molar-refractivity contribution in [3.63, 3.8) is 0 Å². The van der Waals surface area contributed by atoms with Crippen LogP contribution in [0.3, 0.4) is 0 Å². The number of nitrogens with zero attached hydrogens (tertiary/aromatic N) is 1. The fourth-order valence-electron chi connectivity index (χ4n) is 2.78. The Kier molecular flexibility index (Phi) is 6.10. The van der Waals surface area contributed by atoms with Gasteiger partial charge >= 0.3 is 0 Å². The largest absolute Gasteiger partial charge is 0.375 e. The van der Waals surface area contributed by atoms with E-state index in [0.717, 1.165) is 31.7 Å². The smallest absolute Gasteiger partial charge is 0.240 e. The molecule has 23 heavy (non-hydrogen) atoms. The zero-order valence-electron chi connectivity index (χ0n) is 14.1. The maximum atomic E-state index is 13.0. The Morgan fingerprint density at radius 2 is 1.96 bits per heavy atom. The van der Waals surface area contributed by atoms with Crippen molar-refractivity contribution in [2.45, 2.75) is 25.5 Å². The molecule has 0 radical (unpaired) electrons.